The van der Waals surface area contributed by atoms with E-state index in [0.29, 0.717) is 16.5 Å². The highest BCUT2D eigenvalue weighted by Gasteiger charge is 2.19. The van der Waals surface area contributed by atoms with Gasteiger partial charge >= 0.3 is 0 Å². The Balaban J connectivity index is 1.62. The Morgan fingerprint density at radius 3 is 2.68 bits per heavy atom. The molecule has 0 aliphatic rings. The van der Waals surface area contributed by atoms with E-state index < -0.39 is 0 Å². The second-order valence-electron chi connectivity index (χ2n) is 6.30. The first-order valence-corrected chi connectivity index (χ1v) is 10.2. The molecule has 4 aromatic rings. The normalized spacial score (nSPS) is 11.0. The molecule has 0 saturated heterocycles. The van der Waals surface area contributed by atoms with Crippen LogP contribution < -0.4 is 10.1 Å². The van der Waals surface area contributed by atoms with Crippen LogP contribution in [0.5, 0.6) is 5.75 Å². The second-order valence-corrected chi connectivity index (χ2v) is 8.08. The number of nitrogens with one attached hydrogen (secondary N) is 1. The number of thiazole rings is 1. The number of rotatable bonds is 4. The van der Waals surface area contributed by atoms with Gasteiger partial charge in [0.15, 0.2) is 5.13 Å². The number of hydrogen-bond acceptors (Lipinski definition) is 5. The van der Waals surface area contributed by atoms with Gasteiger partial charge in [-0.1, -0.05) is 0 Å². The summed E-state index contributed by atoms with van der Waals surface area (Å²) in [5, 5.41) is 5.35. The van der Waals surface area contributed by atoms with Crippen molar-refractivity contribution in [1.82, 2.24) is 14.4 Å². The molecule has 0 atom stereocenters. The minimum absolute atomic E-state index is 0.238. The second kappa shape index (κ2) is 7.37. The molecule has 6 nitrogen and oxygen atoms in total. The van der Waals surface area contributed by atoms with Crippen molar-refractivity contribution in [2.75, 3.05) is 12.4 Å². The number of imidazole rings is 1. The van der Waals surface area contributed by atoms with E-state index in [9.17, 15) is 4.79 Å². The van der Waals surface area contributed by atoms with E-state index in [1.54, 1.807) is 7.11 Å². The number of nitrogens with zero attached hydrogens (tertiary/aromatic N) is 3. The van der Waals surface area contributed by atoms with Crippen LogP contribution in [0.3, 0.4) is 0 Å². The zero-order valence-corrected chi connectivity index (χ0v) is 17.9. The van der Waals surface area contributed by atoms with Crippen molar-refractivity contribution in [1.29, 1.82) is 0 Å². The van der Waals surface area contributed by atoms with Crippen LogP contribution in [0.25, 0.3) is 16.9 Å². The van der Waals surface area contributed by atoms with E-state index in [1.165, 1.54) is 11.3 Å². The Labute approximate surface area is 174 Å². The van der Waals surface area contributed by atoms with E-state index in [1.807, 2.05) is 60.2 Å². The number of aryl methyl sites for hydroxylation is 2. The highest BCUT2D eigenvalue weighted by atomic mass is 79.9. The molecule has 142 valence electrons. The van der Waals surface area contributed by atoms with Crippen molar-refractivity contribution in [2.45, 2.75) is 13.8 Å². The zero-order chi connectivity index (χ0) is 19.8. The van der Waals surface area contributed by atoms with Crippen molar-refractivity contribution in [2.24, 2.45) is 0 Å². The van der Waals surface area contributed by atoms with Gasteiger partial charge in [0.2, 0.25) is 0 Å². The van der Waals surface area contributed by atoms with Gasteiger partial charge in [-0.15, -0.1) is 11.3 Å². The number of methoxy groups -OCH3 is 1. The molecule has 0 saturated carbocycles. The summed E-state index contributed by atoms with van der Waals surface area (Å²) in [5.41, 5.74) is 4.70. The minimum atomic E-state index is -0.238. The molecule has 0 radical (unpaired) electrons. The molecular weight excluding hydrogens is 440 g/mol. The first-order valence-electron chi connectivity index (χ1n) is 8.52. The van der Waals surface area contributed by atoms with Crippen LogP contribution in [-0.4, -0.2) is 27.4 Å². The number of carbonyl (C=O) groups excluding carboxylic acids is 1. The molecule has 0 bridgehead atoms. The maximum absolute atomic E-state index is 12.9. The standard InChI is InChI=1S/C20H17BrN4O2S/c1-11-8-14(21)9-25-17(12(2)22-18(11)25)19(26)24-20-23-16(10-28-20)13-4-6-15(27-3)7-5-13/h4-10H,1-3H3,(H,23,24,26). The van der Waals surface area contributed by atoms with Gasteiger partial charge in [0.05, 0.1) is 18.5 Å². The third-order valence-electron chi connectivity index (χ3n) is 4.37. The Morgan fingerprint density at radius 1 is 1.21 bits per heavy atom. The molecule has 1 amide bonds. The van der Waals surface area contributed by atoms with E-state index in [0.717, 1.165) is 32.7 Å². The highest BCUT2D eigenvalue weighted by Crippen LogP contribution is 2.27. The van der Waals surface area contributed by atoms with Crippen molar-refractivity contribution in [3.05, 3.63) is 63.3 Å². The summed E-state index contributed by atoms with van der Waals surface area (Å²) in [5.74, 6) is 0.551. The Hall–Kier alpha value is -2.71. The van der Waals surface area contributed by atoms with Gasteiger partial charge in [-0.3, -0.25) is 14.5 Å². The number of ether oxygens (including phenoxy) is 1. The summed E-state index contributed by atoms with van der Waals surface area (Å²) in [6.45, 7) is 3.80. The monoisotopic (exact) mass is 456 g/mol. The maximum Gasteiger partial charge on any atom is 0.276 e. The van der Waals surface area contributed by atoms with Gasteiger partial charge in [0.25, 0.3) is 5.91 Å². The Morgan fingerprint density at radius 2 is 1.96 bits per heavy atom. The molecule has 0 aliphatic carbocycles. The lowest BCUT2D eigenvalue weighted by atomic mass is 10.2. The average molecular weight is 457 g/mol. The molecule has 0 fully saturated rings. The number of pyridine rings is 1. The van der Waals surface area contributed by atoms with Crippen molar-refractivity contribution in [3.8, 4) is 17.0 Å². The maximum atomic E-state index is 12.9. The van der Waals surface area contributed by atoms with Crippen LogP contribution in [-0.2, 0) is 0 Å². The number of aromatic nitrogens is 3. The molecule has 0 unspecified atom stereocenters. The third-order valence-corrected chi connectivity index (χ3v) is 5.56. The topological polar surface area (TPSA) is 68.5 Å². The van der Waals surface area contributed by atoms with Gasteiger partial charge in [0.1, 0.15) is 17.1 Å². The van der Waals surface area contributed by atoms with E-state index in [-0.39, 0.29) is 5.91 Å². The highest BCUT2D eigenvalue weighted by molar-refractivity contribution is 9.10. The first-order chi connectivity index (χ1) is 13.5. The number of fused-ring (bicyclic) bond motifs is 1. The molecular formula is C20H17BrN4O2S. The fraction of sp³-hybridized carbons (Fsp3) is 0.150. The van der Waals surface area contributed by atoms with Crippen LogP contribution >= 0.6 is 27.3 Å². The predicted molar refractivity (Wildman–Crippen MR) is 114 cm³/mol. The lowest BCUT2D eigenvalue weighted by molar-refractivity contribution is 0.102. The summed E-state index contributed by atoms with van der Waals surface area (Å²) >= 11 is 4.87. The predicted octanol–water partition coefficient (Wildman–Crippen LogP) is 5.10. The van der Waals surface area contributed by atoms with Gasteiger partial charge in [0, 0.05) is 21.6 Å². The fourth-order valence-corrected chi connectivity index (χ4v) is 4.30. The summed E-state index contributed by atoms with van der Waals surface area (Å²) in [4.78, 5) is 22.0. The molecule has 1 aromatic carbocycles. The van der Waals surface area contributed by atoms with Crippen molar-refractivity contribution >= 4 is 44.0 Å². The summed E-state index contributed by atoms with van der Waals surface area (Å²) < 4.78 is 7.88. The molecule has 8 heteroatoms. The van der Waals surface area contributed by atoms with E-state index in [2.05, 4.69) is 31.2 Å². The lowest BCUT2D eigenvalue weighted by Crippen LogP contribution is -2.15. The van der Waals surface area contributed by atoms with Gasteiger partial charge < -0.3 is 4.74 Å². The number of hydrogen-bond donors (Lipinski definition) is 1. The molecule has 1 N–H and O–H groups in total. The summed E-state index contributed by atoms with van der Waals surface area (Å²) in [6.07, 6.45) is 1.85. The van der Waals surface area contributed by atoms with Crippen LogP contribution in [0, 0.1) is 13.8 Å². The third kappa shape index (κ3) is 3.41. The quantitative estimate of drug-likeness (QED) is 0.463. The number of amides is 1. The van der Waals surface area contributed by atoms with Crippen LogP contribution in [0.2, 0.25) is 0 Å². The van der Waals surface area contributed by atoms with E-state index in [4.69, 9.17) is 4.74 Å². The average Bonchev–Trinajstić information content (AvgIpc) is 3.26. The summed E-state index contributed by atoms with van der Waals surface area (Å²) in [6, 6.07) is 9.62. The molecule has 3 heterocycles. The number of halogens is 1. The molecule has 3 aromatic heterocycles. The van der Waals surface area contributed by atoms with Crippen LogP contribution in [0.15, 0.2) is 46.4 Å². The summed E-state index contributed by atoms with van der Waals surface area (Å²) in [7, 11) is 1.63. The molecule has 4 rings (SSSR count). The SMILES string of the molecule is COc1ccc(-c2csc(NC(=O)c3c(C)nc4c(C)cc(Br)cn34)n2)cc1. The molecule has 0 spiro atoms. The first kappa shape index (κ1) is 18.6. The number of anilines is 1. The van der Waals surface area contributed by atoms with Gasteiger partial charge in [-0.25, -0.2) is 9.97 Å². The van der Waals surface area contributed by atoms with Gasteiger partial charge in [-0.2, -0.15) is 0 Å². The smallest absolute Gasteiger partial charge is 0.276 e. The van der Waals surface area contributed by atoms with Crippen LogP contribution in [0.1, 0.15) is 21.7 Å². The lowest BCUT2D eigenvalue weighted by Gasteiger charge is -2.05. The van der Waals surface area contributed by atoms with Crippen molar-refractivity contribution < 1.29 is 9.53 Å². The van der Waals surface area contributed by atoms with Crippen LogP contribution in [0.4, 0.5) is 5.13 Å². The van der Waals surface area contributed by atoms with Gasteiger partial charge in [-0.05, 0) is 65.7 Å². The number of benzene rings is 1. The Kier molecular flexibility index (Phi) is 4.91. The number of carbonyl (C=O) groups is 1. The minimum Gasteiger partial charge on any atom is -0.497 e. The molecule has 28 heavy (non-hydrogen) atoms. The van der Waals surface area contributed by atoms with E-state index >= 15 is 0 Å². The largest absolute Gasteiger partial charge is 0.497 e. The fourth-order valence-electron chi connectivity index (χ4n) is 3.04. The zero-order valence-electron chi connectivity index (χ0n) is 15.5. The van der Waals surface area contributed by atoms with Crippen molar-refractivity contribution in [3.63, 3.8) is 0 Å². The molecule has 0 aliphatic heterocycles. The Bertz CT molecular complexity index is 1180.